The van der Waals surface area contributed by atoms with Gasteiger partial charge in [0, 0.05) is 5.03 Å². The fourth-order valence-corrected chi connectivity index (χ4v) is 2.02. The smallest absolute Gasteiger partial charge is 0.111 e. The molecule has 0 bridgehead atoms. The maximum Gasteiger partial charge on any atom is 0.111 e. The minimum atomic E-state index is -0.422. The van der Waals surface area contributed by atoms with Crippen molar-refractivity contribution in [1.29, 1.82) is 0 Å². The van der Waals surface area contributed by atoms with E-state index in [0.717, 1.165) is 25.0 Å². The van der Waals surface area contributed by atoms with Crippen molar-refractivity contribution in [3.63, 3.8) is 0 Å². The fraction of sp³-hybridized carbons (Fsp3) is 0.571. The second-order valence-electron chi connectivity index (χ2n) is 4.99. The van der Waals surface area contributed by atoms with Crippen molar-refractivity contribution in [2.24, 2.45) is 11.1 Å². The summed E-state index contributed by atoms with van der Waals surface area (Å²) in [4.78, 5) is 0. The van der Waals surface area contributed by atoms with Crippen LogP contribution in [0.4, 0.5) is 4.39 Å². The molecule has 0 atom stereocenters. The molecule has 1 aliphatic carbocycles. The second-order valence-corrected chi connectivity index (χ2v) is 5.48. The predicted octanol–water partition coefficient (Wildman–Crippen LogP) is 4.10. The molecule has 0 aromatic carbocycles. The molecule has 0 saturated heterocycles. The summed E-state index contributed by atoms with van der Waals surface area (Å²) in [7, 11) is 0. The lowest BCUT2D eigenvalue weighted by Gasteiger charge is -2.12. The van der Waals surface area contributed by atoms with Crippen LogP contribution in [0.15, 0.2) is 34.9 Å². The molecule has 0 spiro atoms. The number of hydrogen-bond acceptors (Lipinski definition) is 1. The third-order valence-corrected chi connectivity index (χ3v) is 3.43. The zero-order chi connectivity index (χ0) is 12.9. The molecule has 1 nitrogen and oxygen atoms in total. The van der Waals surface area contributed by atoms with Crippen molar-refractivity contribution in [2.75, 3.05) is 13.2 Å². The zero-order valence-corrected chi connectivity index (χ0v) is 11.2. The third-order valence-electron chi connectivity index (χ3n) is 3.32. The minimum absolute atomic E-state index is 0.337. The Hall–Kier alpha value is -0.600. The lowest BCUT2D eigenvalue weighted by molar-refractivity contribution is 0.479. The molecule has 17 heavy (non-hydrogen) atoms. The van der Waals surface area contributed by atoms with Crippen LogP contribution in [-0.4, -0.2) is 13.2 Å². The second kappa shape index (κ2) is 6.36. The zero-order valence-electron chi connectivity index (χ0n) is 10.4. The van der Waals surface area contributed by atoms with Crippen molar-refractivity contribution in [3.8, 4) is 0 Å². The van der Waals surface area contributed by atoms with E-state index in [0.29, 0.717) is 16.0 Å². The number of halogens is 2. The number of hydrogen-bond donors (Lipinski definition) is 1. The van der Waals surface area contributed by atoms with Gasteiger partial charge in [0.2, 0.25) is 0 Å². The highest BCUT2D eigenvalue weighted by molar-refractivity contribution is 6.30. The Balaban J connectivity index is 2.62. The highest BCUT2D eigenvalue weighted by Gasteiger charge is 2.40. The summed E-state index contributed by atoms with van der Waals surface area (Å²) >= 11 is 5.78. The summed E-state index contributed by atoms with van der Waals surface area (Å²) in [6, 6.07) is 0. The van der Waals surface area contributed by atoms with Crippen LogP contribution in [0.2, 0.25) is 0 Å². The van der Waals surface area contributed by atoms with Gasteiger partial charge >= 0.3 is 0 Å². The standard InChI is InChI=1S/C14H21ClFN/c1-11(9-16)7-13(8-12(2)15)3-4-14(10-17)5-6-14/h7-8H,2-6,9-10,17H2,1H3/b11-7-,13-8-. The molecule has 3 heteroatoms. The van der Waals surface area contributed by atoms with E-state index in [1.165, 1.54) is 12.8 Å². The molecule has 0 aromatic heterocycles. The van der Waals surface area contributed by atoms with E-state index in [-0.39, 0.29) is 0 Å². The summed E-state index contributed by atoms with van der Waals surface area (Å²) in [5.74, 6) is 0. The van der Waals surface area contributed by atoms with E-state index in [4.69, 9.17) is 17.3 Å². The topological polar surface area (TPSA) is 26.0 Å². The molecular weight excluding hydrogens is 237 g/mol. The molecule has 0 heterocycles. The Bertz CT molecular complexity index is 340. The number of alkyl halides is 1. The molecule has 0 unspecified atom stereocenters. The van der Waals surface area contributed by atoms with E-state index in [1.54, 1.807) is 6.92 Å². The van der Waals surface area contributed by atoms with Gasteiger partial charge in [-0.15, -0.1) is 0 Å². The molecule has 0 radical (unpaired) electrons. The highest BCUT2D eigenvalue weighted by Crippen LogP contribution is 2.49. The van der Waals surface area contributed by atoms with Crippen LogP contribution in [0, 0.1) is 5.41 Å². The Morgan fingerprint density at radius 2 is 2.12 bits per heavy atom. The molecule has 1 fully saturated rings. The van der Waals surface area contributed by atoms with Crippen molar-refractivity contribution in [2.45, 2.75) is 32.6 Å². The average molecular weight is 258 g/mol. The van der Waals surface area contributed by atoms with Crippen LogP contribution in [0.5, 0.6) is 0 Å². The first kappa shape index (κ1) is 14.5. The van der Waals surface area contributed by atoms with Crippen molar-refractivity contribution in [3.05, 3.63) is 34.9 Å². The molecule has 1 aliphatic rings. The van der Waals surface area contributed by atoms with E-state index in [1.807, 2.05) is 12.2 Å². The largest absolute Gasteiger partial charge is 0.330 e. The van der Waals surface area contributed by atoms with Gasteiger partial charge in [0.1, 0.15) is 6.67 Å². The van der Waals surface area contributed by atoms with Gasteiger partial charge in [0.05, 0.1) is 0 Å². The van der Waals surface area contributed by atoms with Crippen LogP contribution in [-0.2, 0) is 0 Å². The molecule has 1 rings (SSSR count). The number of rotatable bonds is 7. The minimum Gasteiger partial charge on any atom is -0.330 e. The maximum atomic E-state index is 12.5. The average Bonchev–Trinajstić information content (AvgIpc) is 3.05. The normalized spacial score (nSPS) is 19.3. The lowest BCUT2D eigenvalue weighted by atomic mass is 9.96. The highest BCUT2D eigenvalue weighted by atomic mass is 35.5. The first-order valence-corrected chi connectivity index (χ1v) is 6.37. The van der Waals surface area contributed by atoms with Gasteiger partial charge in [-0.1, -0.05) is 24.3 Å². The Kier molecular flexibility index (Phi) is 5.41. The number of nitrogens with two attached hydrogens (primary N) is 1. The molecule has 1 saturated carbocycles. The van der Waals surface area contributed by atoms with Gasteiger partial charge in [0.25, 0.3) is 0 Å². The van der Waals surface area contributed by atoms with Gasteiger partial charge in [0.15, 0.2) is 0 Å². The summed E-state index contributed by atoms with van der Waals surface area (Å²) in [5, 5.41) is 0.487. The molecule has 0 aromatic rings. The summed E-state index contributed by atoms with van der Waals surface area (Å²) in [6.07, 6.45) is 8.04. The predicted molar refractivity (Wildman–Crippen MR) is 72.8 cm³/mol. The van der Waals surface area contributed by atoms with Crippen LogP contribution in [0.25, 0.3) is 0 Å². The third kappa shape index (κ3) is 5.05. The van der Waals surface area contributed by atoms with Gasteiger partial charge in [-0.3, -0.25) is 0 Å². The molecule has 0 amide bonds. The maximum absolute atomic E-state index is 12.5. The quantitative estimate of drug-likeness (QED) is 0.683. The molecule has 0 aliphatic heterocycles. The Labute approximate surface area is 108 Å². The van der Waals surface area contributed by atoms with Gasteiger partial charge in [-0.05, 0) is 61.8 Å². The lowest BCUT2D eigenvalue weighted by Crippen LogP contribution is -2.15. The SMILES string of the molecule is C=C(Cl)/C=C(\C=C(\C)CF)CCC1(CN)CC1. The van der Waals surface area contributed by atoms with Gasteiger partial charge in [-0.2, -0.15) is 0 Å². The fourth-order valence-electron chi connectivity index (χ4n) is 1.88. The molecule has 96 valence electrons. The first-order valence-electron chi connectivity index (χ1n) is 5.99. The van der Waals surface area contributed by atoms with Gasteiger partial charge < -0.3 is 5.73 Å². The van der Waals surface area contributed by atoms with Crippen LogP contribution >= 0.6 is 11.6 Å². The molecule has 2 N–H and O–H groups in total. The van der Waals surface area contributed by atoms with E-state index < -0.39 is 6.67 Å². The number of allylic oxidation sites excluding steroid dienone is 5. The van der Waals surface area contributed by atoms with Crippen LogP contribution in [0.3, 0.4) is 0 Å². The van der Waals surface area contributed by atoms with E-state index in [2.05, 4.69) is 6.58 Å². The summed E-state index contributed by atoms with van der Waals surface area (Å²) in [6.45, 7) is 5.75. The monoisotopic (exact) mass is 257 g/mol. The Morgan fingerprint density at radius 1 is 1.47 bits per heavy atom. The van der Waals surface area contributed by atoms with Crippen LogP contribution < -0.4 is 5.73 Å². The van der Waals surface area contributed by atoms with E-state index in [9.17, 15) is 4.39 Å². The van der Waals surface area contributed by atoms with Crippen molar-refractivity contribution >= 4 is 11.6 Å². The van der Waals surface area contributed by atoms with Gasteiger partial charge in [-0.25, -0.2) is 4.39 Å². The van der Waals surface area contributed by atoms with E-state index >= 15 is 0 Å². The summed E-state index contributed by atoms with van der Waals surface area (Å²) < 4.78 is 12.5. The Morgan fingerprint density at radius 3 is 2.53 bits per heavy atom. The summed E-state index contributed by atoms with van der Waals surface area (Å²) in [5.41, 5.74) is 7.84. The molecular formula is C14H21ClFN. The van der Waals surface area contributed by atoms with Crippen molar-refractivity contribution in [1.82, 2.24) is 0 Å². The van der Waals surface area contributed by atoms with Crippen molar-refractivity contribution < 1.29 is 4.39 Å². The first-order chi connectivity index (χ1) is 8.01. The van der Waals surface area contributed by atoms with Crippen LogP contribution in [0.1, 0.15) is 32.6 Å².